The molecule has 6 heteroatoms. The van der Waals surface area contributed by atoms with Gasteiger partial charge in [-0.05, 0) is 23.8 Å². The van der Waals surface area contributed by atoms with E-state index in [1.807, 2.05) is 42.6 Å². The number of esters is 1. The molecule has 0 atom stereocenters. The highest BCUT2D eigenvalue weighted by atomic mass is 35.5. The molecular formula is C17H14ClN3O2. The van der Waals surface area contributed by atoms with Crippen molar-refractivity contribution in [1.29, 1.82) is 0 Å². The quantitative estimate of drug-likeness (QED) is 0.689. The maximum absolute atomic E-state index is 11.4. The van der Waals surface area contributed by atoms with Crippen LogP contribution in [-0.2, 0) is 11.3 Å². The summed E-state index contributed by atoms with van der Waals surface area (Å²) in [7, 11) is 1.36. The molecular weight excluding hydrogens is 314 g/mol. The molecule has 0 amide bonds. The highest BCUT2D eigenvalue weighted by molar-refractivity contribution is 6.33. The van der Waals surface area contributed by atoms with Crippen molar-refractivity contribution in [2.75, 3.05) is 7.11 Å². The third-order valence-corrected chi connectivity index (χ3v) is 3.74. The summed E-state index contributed by atoms with van der Waals surface area (Å²) in [5.74, 6) is -0.349. The molecule has 0 aliphatic carbocycles. The van der Waals surface area contributed by atoms with Crippen LogP contribution >= 0.6 is 11.6 Å². The monoisotopic (exact) mass is 327 g/mol. The number of carbonyl (C=O) groups excluding carboxylic acids is 1. The normalized spacial score (nSPS) is 10.5. The van der Waals surface area contributed by atoms with Gasteiger partial charge in [0.25, 0.3) is 0 Å². The maximum atomic E-state index is 11.4. The third kappa shape index (κ3) is 3.40. The van der Waals surface area contributed by atoms with Crippen molar-refractivity contribution in [2.24, 2.45) is 0 Å². The minimum atomic E-state index is -0.349. The van der Waals surface area contributed by atoms with Gasteiger partial charge in [-0.2, -0.15) is 0 Å². The largest absolute Gasteiger partial charge is 0.465 e. The Bertz CT molecular complexity index is 828. The number of ether oxygens (including phenoxy) is 1. The van der Waals surface area contributed by atoms with Gasteiger partial charge in [-0.25, -0.2) is 9.48 Å². The first kappa shape index (κ1) is 15.2. The lowest BCUT2D eigenvalue weighted by atomic mass is 10.1. The number of methoxy groups -OCH3 is 1. The van der Waals surface area contributed by atoms with E-state index in [1.165, 1.54) is 7.11 Å². The molecule has 0 unspecified atom stereocenters. The molecule has 2 aromatic carbocycles. The predicted octanol–water partition coefficient (Wildman–Crippen LogP) is 3.43. The Hall–Kier alpha value is -2.66. The van der Waals surface area contributed by atoms with Crippen molar-refractivity contribution in [3.8, 4) is 11.3 Å². The van der Waals surface area contributed by atoms with Crippen LogP contribution in [0, 0.1) is 0 Å². The minimum Gasteiger partial charge on any atom is -0.465 e. The van der Waals surface area contributed by atoms with Gasteiger partial charge < -0.3 is 4.74 Å². The van der Waals surface area contributed by atoms with Crippen LogP contribution in [0.25, 0.3) is 11.3 Å². The highest BCUT2D eigenvalue weighted by Gasteiger charge is 2.08. The van der Waals surface area contributed by atoms with E-state index < -0.39 is 0 Å². The summed E-state index contributed by atoms with van der Waals surface area (Å²) >= 11 is 6.17. The van der Waals surface area contributed by atoms with Gasteiger partial charge >= 0.3 is 5.97 Å². The number of hydrogen-bond donors (Lipinski definition) is 0. The molecule has 0 bridgehead atoms. The van der Waals surface area contributed by atoms with Crippen LogP contribution in [0.2, 0.25) is 5.02 Å². The molecule has 1 aromatic heterocycles. The summed E-state index contributed by atoms with van der Waals surface area (Å²) in [6, 6.07) is 14.7. The Balaban J connectivity index is 1.77. The molecule has 3 rings (SSSR count). The Morgan fingerprint density at radius 3 is 2.61 bits per heavy atom. The molecule has 0 aliphatic heterocycles. The van der Waals surface area contributed by atoms with Gasteiger partial charge in [0.2, 0.25) is 0 Å². The van der Waals surface area contributed by atoms with Crippen molar-refractivity contribution in [1.82, 2.24) is 15.0 Å². The average Bonchev–Trinajstić information content (AvgIpc) is 3.03. The second-order valence-corrected chi connectivity index (χ2v) is 5.38. The standard InChI is InChI=1S/C17H14ClN3O2/c1-23-17(22)13-8-6-12(7-9-13)10-21-11-16(19-20-21)14-4-2-3-5-15(14)18/h2-9,11H,10H2,1H3. The molecule has 0 aliphatic rings. The van der Waals surface area contributed by atoms with Gasteiger partial charge in [0.15, 0.2) is 0 Å². The van der Waals surface area contributed by atoms with Crippen molar-refractivity contribution < 1.29 is 9.53 Å². The molecule has 23 heavy (non-hydrogen) atoms. The van der Waals surface area contributed by atoms with E-state index in [0.717, 1.165) is 16.8 Å². The number of rotatable bonds is 4. The van der Waals surface area contributed by atoms with Crippen LogP contribution < -0.4 is 0 Å². The van der Waals surface area contributed by atoms with E-state index in [-0.39, 0.29) is 5.97 Å². The minimum absolute atomic E-state index is 0.349. The molecule has 5 nitrogen and oxygen atoms in total. The summed E-state index contributed by atoms with van der Waals surface area (Å²) in [4.78, 5) is 11.4. The fraction of sp³-hybridized carbons (Fsp3) is 0.118. The van der Waals surface area contributed by atoms with E-state index in [0.29, 0.717) is 17.1 Å². The zero-order chi connectivity index (χ0) is 16.2. The van der Waals surface area contributed by atoms with Gasteiger partial charge in [-0.15, -0.1) is 5.10 Å². The van der Waals surface area contributed by atoms with E-state index in [1.54, 1.807) is 16.8 Å². The molecule has 3 aromatic rings. The van der Waals surface area contributed by atoms with E-state index in [9.17, 15) is 4.79 Å². The predicted molar refractivity (Wildman–Crippen MR) is 87.4 cm³/mol. The Labute approximate surface area is 138 Å². The SMILES string of the molecule is COC(=O)c1ccc(Cn2cc(-c3ccccc3Cl)nn2)cc1. The van der Waals surface area contributed by atoms with Gasteiger partial charge in [0.1, 0.15) is 5.69 Å². The summed E-state index contributed by atoms with van der Waals surface area (Å²) in [5, 5.41) is 8.92. The third-order valence-electron chi connectivity index (χ3n) is 3.41. The molecule has 0 saturated heterocycles. The van der Waals surface area contributed by atoms with Crippen LogP contribution in [0.1, 0.15) is 15.9 Å². The smallest absolute Gasteiger partial charge is 0.337 e. The van der Waals surface area contributed by atoms with Crippen molar-refractivity contribution >= 4 is 17.6 Å². The molecule has 0 saturated carbocycles. The van der Waals surface area contributed by atoms with Crippen LogP contribution in [0.3, 0.4) is 0 Å². The lowest BCUT2D eigenvalue weighted by molar-refractivity contribution is 0.0600. The fourth-order valence-electron chi connectivity index (χ4n) is 2.22. The molecule has 0 N–H and O–H groups in total. The van der Waals surface area contributed by atoms with Crippen molar-refractivity contribution in [2.45, 2.75) is 6.54 Å². The first-order valence-electron chi connectivity index (χ1n) is 6.99. The highest BCUT2D eigenvalue weighted by Crippen LogP contribution is 2.25. The Morgan fingerprint density at radius 2 is 1.91 bits per heavy atom. The molecule has 0 fully saturated rings. The molecule has 1 heterocycles. The van der Waals surface area contributed by atoms with Gasteiger partial charge in [0.05, 0.1) is 30.4 Å². The van der Waals surface area contributed by atoms with E-state index in [4.69, 9.17) is 11.6 Å². The topological polar surface area (TPSA) is 57.0 Å². The Morgan fingerprint density at radius 1 is 1.17 bits per heavy atom. The average molecular weight is 328 g/mol. The lowest BCUT2D eigenvalue weighted by Crippen LogP contribution is -2.03. The van der Waals surface area contributed by atoms with Crippen LogP contribution in [-0.4, -0.2) is 28.1 Å². The second kappa shape index (κ2) is 6.62. The first-order chi connectivity index (χ1) is 11.2. The van der Waals surface area contributed by atoms with Gasteiger partial charge in [-0.1, -0.05) is 47.1 Å². The zero-order valence-electron chi connectivity index (χ0n) is 12.4. The molecule has 0 radical (unpaired) electrons. The summed E-state index contributed by atoms with van der Waals surface area (Å²) in [5.41, 5.74) is 3.10. The number of nitrogens with zero attached hydrogens (tertiary/aromatic N) is 3. The number of benzene rings is 2. The summed E-state index contributed by atoms with van der Waals surface area (Å²) < 4.78 is 6.41. The van der Waals surface area contributed by atoms with E-state index >= 15 is 0 Å². The van der Waals surface area contributed by atoms with Crippen LogP contribution in [0.15, 0.2) is 54.7 Å². The number of halogens is 1. The van der Waals surface area contributed by atoms with E-state index in [2.05, 4.69) is 15.0 Å². The van der Waals surface area contributed by atoms with Crippen LogP contribution in [0.5, 0.6) is 0 Å². The van der Waals surface area contributed by atoms with Crippen LogP contribution in [0.4, 0.5) is 0 Å². The zero-order valence-corrected chi connectivity index (χ0v) is 13.2. The maximum Gasteiger partial charge on any atom is 0.337 e. The van der Waals surface area contributed by atoms with Gasteiger partial charge in [0, 0.05) is 5.56 Å². The lowest BCUT2D eigenvalue weighted by Gasteiger charge is -2.03. The summed E-state index contributed by atoms with van der Waals surface area (Å²) in [6.07, 6.45) is 1.84. The second-order valence-electron chi connectivity index (χ2n) is 4.97. The van der Waals surface area contributed by atoms with Crippen molar-refractivity contribution in [3.05, 3.63) is 70.9 Å². The number of aromatic nitrogens is 3. The fourth-order valence-corrected chi connectivity index (χ4v) is 2.45. The van der Waals surface area contributed by atoms with Crippen molar-refractivity contribution in [3.63, 3.8) is 0 Å². The number of carbonyl (C=O) groups is 1. The Kier molecular flexibility index (Phi) is 4.39. The van der Waals surface area contributed by atoms with Gasteiger partial charge in [-0.3, -0.25) is 0 Å². The first-order valence-corrected chi connectivity index (χ1v) is 7.37. The number of hydrogen-bond acceptors (Lipinski definition) is 4. The molecule has 116 valence electrons. The molecule has 0 spiro atoms. The summed E-state index contributed by atoms with van der Waals surface area (Å²) in [6.45, 7) is 0.554.